The summed E-state index contributed by atoms with van der Waals surface area (Å²) in [5, 5.41) is 9.15. The number of benzene rings is 2. The fraction of sp³-hybridized carbons (Fsp3) is 0.100. The maximum Gasteiger partial charge on any atom is 0.253 e. The van der Waals surface area contributed by atoms with Gasteiger partial charge in [0.05, 0.1) is 17.3 Å². The molecule has 0 radical (unpaired) electrons. The molecule has 2 aromatic heterocycles. The van der Waals surface area contributed by atoms with E-state index in [1.807, 2.05) is 42.5 Å². The standard InChI is InChI=1S/C20H17N5O/c26-20(25-11-10-23-18-13-21-8-9-22-18)17-12-14-4-1-2-5-15(14)16-6-3-7-24-19(16)17/h1-9,12-13H,10-11H2,(H,22,23)(H,25,26). The number of hydrogen-bond acceptors (Lipinski definition) is 5. The average Bonchev–Trinajstić information content (AvgIpc) is 2.71. The van der Waals surface area contributed by atoms with Crippen molar-refractivity contribution in [2.75, 3.05) is 18.4 Å². The summed E-state index contributed by atoms with van der Waals surface area (Å²) < 4.78 is 0. The number of carbonyl (C=O) groups is 1. The molecule has 0 aliphatic carbocycles. The Balaban J connectivity index is 1.54. The Morgan fingerprint density at radius 2 is 1.81 bits per heavy atom. The molecule has 26 heavy (non-hydrogen) atoms. The van der Waals surface area contributed by atoms with Crippen molar-refractivity contribution in [3.63, 3.8) is 0 Å². The quantitative estimate of drug-likeness (QED) is 0.430. The maximum atomic E-state index is 12.7. The van der Waals surface area contributed by atoms with Gasteiger partial charge in [-0.05, 0) is 22.9 Å². The van der Waals surface area contributed by atoms with E-state index < -0.39 is 0 Å². The molecule has 0 atom stereocenters. The van der Waals surface area contributed by atoms with Crippen LogP contribution in [-0.2, 0) is 0 Å². The summed E-state index contributed by atoms with van der Waals surface area (Å²) >= 11 is 0. The molecule has 4 rings (SSSR count). The zero-order valence-corrected chi connectivity index (χ0v) is 14.0. The molecule has 4 aromatic rings. The number of aromatic nitrogens is 3. The minimum Gasteiger partial charge on any atom is -0.367 e. The molecule has 6 nitrogen and oxygen atoms in total. The molecule has 6 heteroatoms. The van der Waals surface area contributed by atoms with Crippen LogP contribution in [0.15, 0.2) is 67.3 Å². The Morgan fingerprint density at radius 1 is 0.923 bits per heavy atom. The molecule has 0 saturated carbocycles. The van der Waals surface area contributed by atoms with Crippen LogP contribution >= 0.6 is 0 Å². The Labute approximate surface area is 150 Å². The smallest absolute Gasteiger partial charge is 0.253 e. The maximum absolute atomic E-state index is 12.7. The fourth-order valence-electron chi connectivity index (χ4n) is 2.95. The van der Waals surface area contributed by atoms with Crippen molar-refractivity contribution in [3.8, 4) is 0 Å². The summed E-state index contributed by atoms with van der Waals surface area (Å²) in [6.45, 7) is 1.03. The predicted molar refractivity (Wildman–Crippen MR) is 102 cm³/mol. The van der Waals surface area contributed by atoms with Crippen molar-refractivity contribution < 1.29 is 4.79 Å². The van der Waals surface area contributed by atoms with Gasteiger partial charge < -0.3 is 10.6 Å². The van der Waals surface area contributed by atoms with Gasteiger partial charge in [0.15, 0.2) is 0 Å². The summed E-state index contributed by atoms with van der Waals surface area (Å²) in [4.78, 5) is 25.3. The van der Waals surface area contributed by atoms with E-state index in [1.165, 1.54) is 0 Å². The minimum absolute atomic E-state index is 0.139. The van der Waals surface area contributed by atoms with Crippen molar-refractivity contribution >= 4 is 33.4 Å². The molecule has 2 aromatic carbocycles. The number of anilines is 1. The highest BCUT2D eigenvalue weighted by Crippen LogP contribution is 2.27. The zero-order valence-electron chi connectivity index (χ0n) is 14.0. The van der Waals surface area contributed by atoms with Gasteiger partial charge in [-0.2, -0.15) is 0 Å². The monoisotopic (exact) mass is 343 g/mol. The van der Waals surface area contributed by atoms with Crippen LogP contribution in [0, 0.1) is 0 Å². The van der Waals surface area contributed by atoms with Crippen LogP contribution in [0.5, 0.6) is 0 Å². The first-order valence-corrected chi connectivity index (χ1v) is 8.37. The normalized spacial score (nSPS) is 10.8. The van der Waals surface area contributed by atoms with Crippen LogP contribution in [0.4, 0.5) is 5.82 Å². The van der Waals surface area contributed by atoms with Crippen LogP contribution in [0.25, 0.3) is 21.7 Å². The van der Waals surface area contributed by atoms with Gasteiger partial charge in [0.2, 0.25) is 0 Å². The molecule has 0 spiro atoms. The van der Waals surface area contributed by atoms with Gasteiger partial charge in [-0.15, -0.1) is 0 Å². The summed E-state index contributed by atoms with van der Waals surface area (Å²) in [5.74, 6) is 0.542. The van der Waals surface area contributed by atoms with Crippen LogP contribution in [-0.4, -0.2) is 33.9 Å². The molecule has 128 valence electrons. The van der Waals surface area contributed by atoms with Gasteiger partial charge in [0, 0.05) is 37.1 Å². The number of pyridine rings is 1. The first-order valence-electron chi connectivity index (χ1n) is 8.37. The molecule has 0 bridgehead atoms. The van der Waals surface area contributed by atoms with Gasteiger partial charge in [-0.3, -0.25) is 14.8 Å². The highest BCUT2D eigenvalue weighted by atomic mass is 16.1. The molecule has 1 amide bonds. The van der Waals surface area contributed by atoms with Crippen molar-refractivity contribution in [1.82, 2.24) is 20.3 Å². The third kappa shape index (κ3) is 3.17. The van der Waals surface area contributed by atoms with Crippen molar-refractivity contribution in [1.29, 1.82) is 0 Å². The third-order valence-electron chi connectivity index (χ3n) is 4.14. The third-order valence-corrected chi connectivity index (χ3v) is 4.14. The Morgan fingerprint density at radius 3 is 2.69 bits per heavy atom. The number of nitrogens with zero attached hydrogens (tertiary/aromatic N) is 3. The Hall–Kier alpha value is -3.54. The van der Waals surface area contributed by atoms with E-state index in [2.05, 4.69) is 25.6 Å². The molecule has 2 N–H and O–H groups in total. The Kier molecular flexibility index (Phi) is 4.38. The number of fused-ring (bicyclic) bond motifs is 3. The number of hydrogen-bond donors (Lipinski definition) is 2. The van der Waals surface area contributed by atoms with Gasteiger partial charge in [-0.25, -0.2) is 4.98 Å². The predicted octanol–water partition coefficient (Wildman–Crippen LogP) is 3.02. The number of carbonyl (C=O) groups excluding carboxylic acids is 1. The largest absolute Gasteiger partial charge is 0.367 e. The van der Waals surface area contributed by atoms with E-state index in [-0.39, 0.29) is 5.91 Å². The molecule has 0 saturated heterocycles. The van der Waals surface area contributed by atoms with E-state index in [0.29, 0.717) is 30.0 Å². The van der Waals surface area contributed by atoms with Crippen LogP contribution in [0.3, 0.4) is 0 Å². The summed E-state index contributed by atoms with van der Waals surface area (Å²) in [5.41, 5.74) is 1.30. The highest BCUT2D eigenvalue weighted by Gasteiger charge is 2.13. The van der Waals surface area contributed by atoms with E-state index in [4.69, 9.17) is 0 Å². The topological polar surface area (TPSA) is 79.8 Å². The second-order valence-electron chi connectivity index (χ2n) is 5.82. The number of amides is 1. The van der Waals surface area contributed by atoms with Crippen LogP contribution < -0.4 is 10.6 Å². The lowest BCUT2D eigenvalue weighted by Gasteiger charge is -2.11. The van der Waals surface area contributed by atoms with Gasteiger partial charge in [-0.1, -0.05) is 30.3 Å². The van der Waals surface area contributed by atoms with Crippen molar-refractivity contribution in [2.24, 2.45) is 0 Å². The molecule has 0 aliphatic heterocycles. The first kappa shape index (κ1) is 16.0. The van der Waals surface area contributed by atoms with E-state index in [0.717, 1.165) is 16.2 Å². The highest BCUT2D eigenvalue weighted by molar-refractivity contribution is 6.15. The van der Waals surface area contributed by atoms with Gasteiger partial charge in [0.25, 0.3) is 5.91 Å². The molecular formula is C20H17N5O. The second-order valence-corrected chi connectivity index (χ2v) is 5.82. The number of rotatable bonds is 5. The molecule has 0 unspecified atom stereocenters. The lowest BCUT2D eigenvalue weighted by atomic mass is 10.0. The summed E-state index contributed by atoms with van der Waals surface area (Å²) in [6.07, 6.45) is 6.59. The second kappa shape index (κ2) is 7.14. The van der Waals surface area contributed by atoms with Crippen molar-refractivity contribution in [3.05, 3.63) is 72.8 Å². The Bertz CT molecular complexity index is 1070. The fourth-order valence-corrected chi connectivity index (χ4v) is 2.95. The molecule has 0 fully saturated rings. The van der Waals surface area contributed by atoms with E-state index in [1.54, 1.807) is 24.8 Å². The number of nitrogens with one attached hydrogen (secondary N) is 2. The summed E-state index contributed by atoms with van der Waals surface area (Å²) in [6, 6.07) is 13.8. The van der Waals surface area contributed by atoms with E-state index in [9.17, 15) is 4.79 Å². The van der Waals surface area contributed by atoms with Gasteiger partial charge in [0.1, 0.15) is 5.82 Å². The lowest BCUT2D eigenvalue weighted by Crippen LogP contribution is -2.29. The molecule has 2 heterocycles. The van der Waals surface area contributed by atoms with Gasteiger partial charge >= 0.3 is 0 Å². The van der Waals surface area contributed by atoms with E-state index >= 15 is 0 Å². The molecular weight excluding hydrogens is 326 g/mol. The van der Waals surface area contributed by atoms with Crippen molar-refractivity contribution in [2.45, 2.75) is 0 Å². The average molecular weight is 343 g/mol. The summed E-state index contributed by atoms with van der Waals surface area (Å²) in [7, 11) is 0. The lowest BCUT2D eigenvalue weighted by molar-refractivity contribution is 0.0957. The zero-order chi connectivity index (χ0) is 17.8. The first-order chi connectivity index (χ1) is 12.8. The molecule has 0 aliphatic rings. The van der Waals surface area contributed by atoms with Crippen LogP contribution in [0.2, 0.25) is 0 Å². The SMILES string of the molecule is O=C(NCCNc1cnccn1)c1cc2ccccc2c2cccnc12. The minimum atomic E-state index is -0.139. The van der Waals surface area contributed by atoms with Crippen LogP contribution in [0.1, 0.15) is 10.4 Å².